The number of ketones is 1. The highest BCUT2D eigenvalue weighted by Crippen LogP contribution is 2.21. The summed E-state index contributed by atoms with van der Waals surface area (Å²) < 4.78 is 0.981. The number of hydrogen-bond acceptors (Lipinski definition) is 5. The number of carbonyl (C=O) groups is 1. The first-order valence-corrected chi connectivity index (χ1v) is 8.55. The number of carbonyl (C=O) groups excluding carboxylic acids is 1. The molecular weight excluding hydrogens is 380 g/mol. The second kappa shape index (κ2) is 7.44. The summed E-state index contributed by atoms with van der Waals surface area (Å²) in [6, 6.07) is 17.0. The lowest BCUT2D eigenvalue weighted by Crippen LogP contribution is -2.02. The van der Waals surface area contributed by atoms with Gasteiger partial charge in [-0.2, -0.15) is 4.98 Å². The molecule has 0 saturated carbocycles. The second-order valence-corrected chi connectivity index (χ2v) is 6.53. The van der Waals surface area contributed by atoms with E-state index in [4.69, 9.17) is 0 Å². The fourth-order valence-corrected chi connectivity index (χ4v) is 2.72. The van der Waals surface area contributed by atoms with Crippen molar-refractivity contribution in [2.75, 3.05) is 10.6 Å². The lowest BCUT2D eigenvalue weighted by molar-refractivity contribution is 0.101. The molecule has 1 heterocycles. The van der Waals surface area contributed by atoms with Crippen LogP contribution in [0, 0.1) is 6.92 Å². The van der Waals surface area contributed by atoms with Crippen LogP contribution >= 0.6 is 15.9 Å². The molecule has 0 atom stereocenters. The van der Waals surface area contributed by atoms with Crippen LogP contribution in [0.15, 0.2) is 59.1 Å². The molecule has 0 radical (unpaired) electrons. The normalized spacial score (nSPS) is 10.4. The van der Waals surface area contributed by atoms with Gasteiger partial charge in [0.15, 0.2) is 5.78 Å². The topological polar surface area (TPSA) is 66.9 Å². The van der Waals surface area contributed by atoms with Crippen molar-refractivity contribution in [1.29, 1.82) is 0 Å². The summed E-state index contributed by atoms with van der Waals surface area (Å²) in [5, 5.41) is 6.44. The van der Waals surface area contributed by atoms with Crippen LogP contribution in [0.2, 0.25) is 0 Å². The third kappa shape index (κ3) is 4.64. The Balaban J connectivity index is 1.80. The van der Waals surface area contributed by atoms with Gasteiger partial charge in [-0.3, -0.25) is 4.79 Å². The molecule has 126 valence electrons. The van der Waals surface area contributed by atoms with Crippen molar-refractivity contribution in [3.63, 3.8) is 0 Å². The number of Topliss-reactive ketones (excluding diaryl/α,β-unsaturated/α-hetero) is 1. The van der Waals surface area contributed by atoms with E-state index in [0.29, 0.717) is 17.3 Å². The van der Waals surface area contributed by atoms with Gasteiger partial charge in [-0.15, -0.1) is 0 Å². The standard InChI is InChI=1S/C19H17BrN4O/c1-12-10-18(22-16-8-6-14(7-9-16)13(2)25)24-19(21-12)23-17-5-3-4-15(20)11-17/h3-11H,1-2H3,(H2,21,22,23,24). The minimum atomic E-state index is 0.0462. The van der Waals surface area contributed by atoms with Gasteiger partial charge >= 0.3 is 0 Å². The Hall–Kier alpha value is -2.73. The number of aromatic nitrogens is 2. The van der Waals surface area contributed by atoms with Crippen LogP contribution in [-0.2, 0) is 0 Å². The first kappa shape index (κ1) is 17.1. The lowest BCUT2D eigenvalue weighted by Gasteiger charge is -2.10. The molecule has 0 fully saturated rings. The Morgan fingerprint density at radius 1 is 0.960 bits per heavy atom. The van der Waals surface area contributed by atoms with E-state index >= 15 is 0 Å². The van der Waals surface area contributed by atoms with Gasteiger partial charge in [-0.1, -0.05) is 22.0 Å². The van der Waals surface area contributed by atoms with E-state index in [1.165, 1.54) is 0 Å². The van der Waals surface area contributed by atoms with Gasteiger partial charge in [0.1, 0.15) is 5.82 Å². The Morgan fingerprint density at radius 3 is 2.40 bits per heavy atom. The maximum absolute atomic E-state index is 11.3. The molecule has 0 amide bonds. The molecule has 3 aromatic rings. The highest BCUT2D eigenvalue weighted by Gasteiger charge is 2.05. The summed E-state index contributed by atoms with van der Waals surface area (Å²) in [6.45, 7) is 3.47. The molecule has 0 aliphatic heterocycles. The first-order chi connectivity index (χ1) is 12.0. The molecule has 3 rings (SSSR count). The SMILES string of the molecule is CC(=O)c1ccc(Nc2cc(C)nc(Nc3cccc(Br)c3)n2)cc1. The fourth-order valence-electron chi connectivity index (χ4n) is 2.32. The number of benzene rings is 2. The van der Waals surface area contributed by atoms with Crippen molar-refractivity contribution in [2.24, 2.45) is 0 Å². The van der Waals surface area contributed by atoms with E-state index in [9.17, 15) is 4.79 Å². The summed E-state index contributed by atoms with van der Waals surface area (Å²) >= 11 is 3.45. The Kier molecular flexibility index (Phi) is 5.09. The van der Waals surface area contributed by atoms with Crippen molar-refractivity contribution in [3.05, 3.63) is 70.3 Å². The van der Waals surface area contributed by atoms with E-state index in [0.717, 1.165) is 21.5 Å². The predicted octanol–water partition coefficient (Wildman–Crippen LogP) is 5.24. The Labute approximate surface area is 154 Å². The molecule has 5 nitrogen and oxygen atoms in total. The highest BCUT2D eigenvalue weighted by molar-refractivity contribution is 9.10. The van der Waals surface area contributed by atoms with Crippen LogP contribution in [0.3, 0.4) is 0 Å². The average Bonchev–Trinajstić information content (AvgIpc) is 2.54. The Bertz CT molecular complexity index is 910. The molecule has 0 aliphatic carbocycles. The van der Waals surface area contributed by atoms with Crippen molar-refractivity contribution in [2.45, 2.75) is 13.8 Å². The van der Waals surface area contributed by atoms with Crippen molar-refractivity contribution in [3.8, 4) is 0 Å². The van der Waals surface area contributed by atoms with Gasteiger partial charge in [0.2, 0.25) is 5.95 Å². The first-order valence-electron chi connectivity index (χ1n) is 7.76. The molecule has 1 aromatic heterocycles. The molecule has 0 unspecified atom stereocenters. The number of halogens is 1. The van der Waals surface area contributed by atoms with Gasteiger partial charge in [0, 0.05) is 33.2 Å². The minimum absolute atomic E-state index is 0.0462. The van der Waals surface area contributed by atoms with E-state index in [2.05, 4.69) is 36.5 Å². The smallest absolute Gasteiger partial charge is 0.229 e. The fraction of sp³-hybridized carbons (Fsp3) is 0.105. The highest BCUT2D eigenvalue weighted by atomic mass is 79.9. The molecule has 0 bridgehead atoms. The van der Waals surface area contributed by atoms with Crippen molar-refractivity contribution >= 4 is 44.9 Å². The van der Waals surface area contributed by atoms with Gasteiger partial charge in [0.05, 0.1) is 0 Å². The molecule has 2 N–H and O–H groups in total. The largest absolute Gasteiger partial charge is 0.340 e. The molecule has 6 heteroatoms. The number of anilines is 4. The van der Waals surface area contributed by atoms with E-state index < -0.39 is 0 Å². The molecule has 2 aromatic carbocycles. The number of hydrogen-bond donors (Lipinski definition) is 2. The molecule has 0 spiro atoms. The maximum Gasteiger partial charge on any atom is 0.229 e. The number of rotatable bonds is 5. The van der Waals surface area contributed by atoms with Crippen molar-refractivity contribution in [1.82, 2.24) is 9.97 Å². The number of nitrogens with one attached hydrogen (secondary N) is 2. The third-order valence-corrected chi connectivity index (χ3v) is 3.99. The lowest BCUT2D eigenvalue weighted by atomic mass is 10.1. The second-order valence-electron chi connectivity index (χ2n) is 5.61. The van der Waals surface area contributed by atoms with Crippen LogP contribution in [0.25, 0.3) is 0 Å². The minimum Gasteiger partial charge on any atom is -0.340 e. The van der Waals surface area contributed by atoms with Crippen LogP contribution in [0.1, 0.15) is 23.0 Å². The zero-order valence-electron chi connectivity index (χ0n) is 13.9. The molecular formula is C19H17BrN4O. The van der Waals surface area contributed by atoms with Gasteiger partial charge in [0.25, 0.3) is 0 Å². The van der Waals surface area contributed by atoms with Gasteiger partial charge < -0.3 is 10.6 Å². The third-order valence-electron chi connectivity index (χ3n) is 3.50. The van der Waals surface area contributed by atoms with Crippen molar-refractivity contribution < 1.29 is 4.79 Å². The summed E-state index contributed by atoms with van der Waals surface area (Å²) in [4.78, 5) is 20.3. The summed E-state index contributed by atoms with van der Waals surface area (Å²) in [5.41, 5.74) is 3.28. The molecule has 0 aliphatic rings. The van der Waals surface area contributed by atoms with Crippen LogP contribution < -0.4 is 10.6 Å². The Morgan fingerprint density at radius 2 is 1.72 bits per heavy atom. The zero-order chi connectivity index (χ0) is 17.8. The van der Waals surface area contributed by atoms with E-state index in [1.807, 2.05) is 49.4 Å². The van der Waals surface area contributed by atoms with Crippen LogP contribution in [0.4, 0.5) is 23.1 Å². The number of aryl methyl sites for hydroxylation is 1. The monoisotopic (exact) mass is 396 g/mol. The van der Waals surface area contributed by atoms with Gasteiger partial charge in [-0.05, 0) is 56.3 Å². The molecule has 0 saturated heterocycles. The van der Waals surface area contributed by atoms with Crippen LogP contribution in [-0.4, -0.2) is 15.8 Å². The zero-order valence-corrected chi connectivity index (χ0v) is 15.5. The number of nitrogens with zero attached hydrogens (tertiary/aromatic N) is 2. The quantitative estimate of drug-likeness (QED) is 0.577. The average molecular weight is 397 g/mol. The van der Waals surface area contributed by atoms with E-state index in [-0.39, 0.29) is 5.78 Å². The predicted molar refractivity (Wildman–Crippen MR) is 104 cm³/mol. The van der Waals surface area contributed by atoms with Gasteiger partial charge in [-0.25, -0.2) is 4.98 Å². The molecule has 25 heavy (non-hydrogen) atoms. The van der Waals surface area contributed by atoms with E-state index in [1.54, 1.807) is 19.1 Å². The summed E-state index contributed by atoms with van der Waals surface area (Å²) in [6.07, 6.45) is 0. The van der Waals surface area contributed by atoms with Crippen LogP contribution in [0.5, 0.6) is 0 Å². The maximum atomic E-state index is 11.3. The summed E-state index contributed by atoms with van der Waals surface area (Å²) in [7, 11) is 0. The summed E-state index contributed by atoms with van der Waals surface area (Å²) in [5.74, 6) is 1.24.